The fraction of sp³-hybridized carbons (Fsp3) is 0.550. The molecule has 0 radical (unpaired) electrons. The van der Waals surface area contributed by atoms with Crippen LogP contribution in [0.25, 0.3) is 0 Å². The predicted molar refractivity (Wildman–Crippen MR) is 104 cm³/mol. The third-order valence-electron chi connectivity index (χ3n) is 5.26. The molecule has 0 spiro atoms. The van der Waals surface area contributed by atoms with Crippen LogP contribution < -0.4 is 4.87 Å². The highest BCUT2D eigenvalue weighted by Gasteiger charge is 2.62. The lowest BCUT2D eigenvalue weighted by molar-refractivity contribution is -0.312. The average molecular weight is 553 g/mol. The summed E-state index contributed by atoms with van der Waals surface area (Å²) in [5.74, 6) is -3.15. The summed E-state index contributed by atoms with van der Waals surface area (Å²) < 4.78 is 124. The molecule has 0 bridgehead atoms. The van der Waals surface area contributed by atoms with Gasteiger partial charge in [-0.15, -0.1) is 6.42 Å². The molecule has 0 saturated heterocycles. The Balaban J connectivity index is 2.10. The third kappa shape index (κ3) is 6.42. The molecule has 36 heavy (non-hydrogen) atoms. The summed E-state index contributed by atoms with van der Waals surface area (Å²) in [7, 11) is 0. The Morgan fingerprint density at radius 1 is 1.14 bits per heavy atom. The van der Waals surface area contributed by atoms with Gasteiger partial charge in [-0.1, -0.05) is 37.2 Å². The van der Waals surface area contributed by atoms with Gasteiger partial charge in [0.25, 0.3) is 6.10 Å². The van der Waals surface area contributed by atoms with Crippen LogP contribution in [0.1, 0.15) is 24.4 Å². The Hall–Kier alpha value is -2.96. The zero-order chi connectivity index (χ0) is 27.9. The number of halogens is 9. The Morgan fingerprint density at radius 2 is 1.69 bits per heavy atom. The van der Waals surface area contributed by atoms with Crippen LogP contribution >= 0.6 is 11.3 Å². The van der Waals surface area contributed by atoms with E-state index in [9.17, 15) is 53.9 Å². The smallest absolute Gasteiger partial charge is 0.434 e. The largest absolute Gasteiger partial charge is 0.460 e. The first kappa shape index (κ1) is 29.3. The number of hydrogen-bond donors (Lipinski definition) is 0. The number of alkyl halides is 9. The highest BCUT2D eigenvalue weighted by molar-refractivity contribution is 7.09. The van der Waals surface area contributed by atoms with Crippen LogP contribution in [0, 0.1) is 29.6 Å². The number of hydrogen-bond acceptors (Lipinski definition) is 6. The maximum atomic E-state index is 13.4. The molecule has 1 fully saturated rings. The normalized spacial score (nSPS) is 19.9. The summed E-state index contributed by atoms with van der Waals surface area (Å²) in [6, 6.07) is 0. The quantitative estimate of drug-likeness (QED) is 0.216. The van der Waals surface area contributed by atoms with E-state index in [1.54, 1.807) is 0 Å². The lowest BCUT2D eigenvalue weighted by Crippen LogP contribution is -2.45. The van der Waals surface area contributed by atoms with Gasteiger partial charge >= 0.3 is 35.3 Å². The van der Waals surface area contributed by atoms with Gasteiger partial charge in [0.2, 0.25) is 0 Å². The zero-order valence-corrected chi connectivity index (χ0v) is 19.0. The molecule has 0 aliphatic heterocycles. The molecule has 200 valence electrons. The molecule has 16 heteroatoms. The van der Waals surface area contributed by atoms with Gasteiger partial charge in [0.1, 0.15) is 12.3 Å². The van der Waals surface area contributed by atoms with Crippen LogP contribution in [0.4, 0.5) is 39.5 Å². The van der Waals surface area contributed by atoms with Gasteiger partial charge in [-0.05, 0) is 11.3 Å². The van der Waals surface area contributed by atoms with E-state index >= 15 is 0 Å². The maximum Gasteiger partial charge on any atom is 0.434 e. The first-order valence-corrected chi connectivity index (χ1v) is 10.5. The van der Waals surface area contributed by atoms with Crippen molar-refractivity contribution in [2.24, 2.45) is 17.3 Å². The van der Waals surface area contributed by atoms with Crippen molar-refractivity contribution in [3.05, 3.63) is 32.4 Å². The van der Waals surface area contributed by atoms with Gasteiger partial charge in [-0.25, -0.2) is 4.79 Å². The van der Waals surface area contributed by atoms with E-state index in [4.69, 9.17) is 11.2 Å². The van der Waals surface area contributed by atoms with E-state index in [2.05, 4.69) is 4.74 Å². The first-order valence-electron chi connectivity index (χ1n) is 9.65. The van der Waals surface area contributed by atoms with Crippen molar-refractivity contribution < 1.29 is 58.6 Å². The summed E-state index contributed by atoms with van der Waals surface area (Å²) in [5.41, 5.74) is -2.39. The van der Waals surface area contributed by atoms with Crippen LogP contribution in [-0.2, 0) is 38.4 Å². The highest BCUT2D eigenvalue weighted by atomic mass is 32.1. The predicted octanol–water partition coefficient (Wildman–Crippen LogP) is 4.47. The topological polar surface area (TPSA) is 74.6 Å². The van der Waals surface area contributed by atoms with E-state index in [0.717, 1.165) is 6.08 Å². The van der Waals surface area contributed by atoms with Crippen molar-refractivity contribution in [3.63, 3.8) is 0 Å². The number of aromatic nitrogens is 1. The molecule has 0 amide bonds. The minimum atomic E-state index is -5.91. The number of thiazole rings is 1. The van der Waals surface area contributed by atoms with Crippen molar-refractivity contribution in [1.29, 1.82) is 0 Å². The van der Waals surface area contributed by atoms with Crippen molar-refractivity contribution in [2.75, 3.05) is 0 Å². The minimum absolute atomic E-state index is 0.162. The van der Waals surface area contributed by atoms with Crippen LogP contribution in [0.15, 0.2) is 16.9 Å². The van der Waals surface area contributed by atoms with Crippen LogP contribution in [0.5, 0.6) is 0 Å². The Morgan fingerprint density at radius 3 is 2.17 bits per heavy atom. The molecule has 0 aromatic carbocycles. The van der Waals surface area contributed by atoms with Crippen molar-refractivity contribution in [1.82, 2.24) is 4.57 Å². The summed E-state index contributed by atoms with van der Waals surface area (Å²) in [4.78, 5) is 34.1. The molecule has 0 N–H and O–H groups in total. The molecule has 1 heterocycles. The molecule has 1 saturated carbocycles. The van der Waals surface area contributed by atoms with Gasteiger partial charge in [0.05, 0.1) is 17.3 Å². The van der Waals surface area contributed by atoms with Gasteiger partial charge < -0.3 is 9.47 Å². The molecule has 1 aliphatic rings. The Kier molecular flexibility index (Phi) is 7.99. The number of ether oxygens (including phenoxy) is 2. The van der Waals surface area contributed by atoms with Crippen LogP contribution in [0.2, 0.25) is 0 Å². The molecular formula is C20H16F9NO5S. The number of nitrogens with zero attached hydrogens (tertiary/aromatic N) is 1. The summed E-state index contributed by atoms with van der Waals surface area (Å²) >= 11 is 0.162. The Labute approximate surface area is 200 Å². The monoisotopic (exact) mass is 553 g/mol. The standard InChI is InChI=1S/C20H16F9NO5S/c1-4-7-30-13(18(21,22)23)10(36-16(30)33)8-34-14(32)12-9(17(12,2)3)5-6-11(31)35-15(19(24,25)26)20(27,28)29/h1,5-6,9,12,15H,7-8H2,2-3H3/t9-,12-/m0/s1. The second kappa shape index (κ2) is 9.83. The first-order chi connectivity index (χ1) is 16.2. The second-order valence-corrected chi connectivity index (χ2v) is 9.17. The van der Waals surface area contributed by atoms with Crippen molar-refractivity contribution >= 4 is 23.3 Å². The lowest BCUT2D eigenvalue weighted by atomic mass is 10.1. The Bertz CT molecular complexity index is 1120. The van der Waals surface area contributed by atoms with Crippen LogP contribution in [0.3, 0.4) is 0 Å². The number of carbonyl (C=O) groups is 2. The molecule has 1 aromatic heterocycles. The molecular weight excluding hydrogens is 537 g/mol. The maximum absolute atomic E-state index is 13.4. The van der Waals surface area contributed by atoms with Gasteiger partial charge in [-0.3, -0.25) is 14.2 Å². The molecule has 2 rings (SSSR count). The zero-order valence-electron chi connectivity index (χ0n) is 18.2. The minimum Gasteiger partial charge on any atom is -0.460 e. The van der Waals surface area contributed by atoms with E-state index < -0.39 is 82.4 Å². The highest BCUT2D eigenvalue weighted by Crippen LogP contribution is 2.59. The fourth-order valence-electron chi connectivity index (χ4n) is 3.46. The van der Waals surface area contributed by atoms with Crippen molar-refractivity contribution in [3.8, 4) is 12.3 Å². The fourth-order valence-corrected chi connectivity index (χ4v) is 4.38. The average Bonchev–Trinajstić information content (AvgIpc) is 3.08. The van der Waals surface area contributed by atoms with E-state index in [0.29, 0.717) is 4.57 Å². The third-order valence-corrected chi connectivity index (χ3v) is 6.21. The van der Waals surface area contributed by atoms with Gasteiger partial charge in [-0.2, -0.15) is 39.5 Å². The number of carbonyl (C=O) groups excluding carboxylic acids is 2. The van der Waals surface area contributed by atoms with E-state index in [1.165, 1.54) is 13.8 Å². The molecule has 6 nitrogen and oxygen atoms in total. The number of rotatable bonds is 7. The molecule has 1 aromatic rings. The number of esters is 2. The summed E-state index contributed by atoms with van der Waals surface area (Å²) in [6.07, 6.45) is -15.1. The molecule has 1 aliphatic carbocycles. The van der Waals surface area contributed by atoms with Gasteiger partial charge in [0, 0.05) is 6.08 Å². The van der Waals surface area contributed by atoms with Crippen LogP contribution in [-0.4, -0.2) is 35.0 Å². The number of allylic oxidation sites excluding steroid dienone is 1. The van der Waals surface area contributed by atoms with E-state index in [-0.39, 0.29) is 17.4 Å². The summed E-state index contributed by atoms with van der Waals surface area (Å²) in [6.45, 7) is 1.25. The van der Waals surface area contributed by atoms with Gasteiger partial charge in [0.15, 0.2) is 0 Å². The molecule has 0 unspecified atom stereocenters. The van der Waals surface area contributed by atoms with Crippen molar-refractivity contribution in [2.45, 2.75) is 51.6 Å². The summed E-state index contributed by atoms with van der Waals surface area (Å²) in [5, 5.41) is 0. The number of terminal acetylenes is 1. The second-order valence-electron chi connectivity index (χ2n) is 8.12. The molecule has 2 atom stereocenters. The van der Waals surface area contributed by atoms with E-state index in [1.807, 2.05) is 5.92 Å². The SMILES string of the molecule is C#CCn1c(C(F)(F)F)c(COC(=O)[C@@H]2[C@H](C=CC(=O)OC(C(F)(F)F)C(F)(F)F)C2(C)C)sc1=O. The lowest BCUT2D eigenvalue weighted by Gasteiger charge is -2.22.